The van der Waals surface area contributed by atoms with E-state index >= 15 is 0 Å². The minimum atomic E-state index is -0.357. The summed E-state index contributed by atoms with van der Waals surface area (Å²) in [4.78, 5) is 16.8. The van der Waals surface area contributed by atoms with Crippen molar-refractivity contribution >= 4 is 21.9 Å². The minimum Gasteiger partial charge on any atom is -0.454 e. The van der Waals surface area contributed by atoms with Crippen molar-refractivity contribution in [1.82, 2.24) is 10.3 Å². The molecule has 1 aliphatic rings. The van der Waals surface area contributed by atoms with E-state index in [9.17, 15) is 4.79 Å². The first-order chi connectivity index (χ1) is 14.5. The average Bonchev–Trinajstić information content (AvgIpc) is 3.34. The highest BCUT2D eigenvalue weighted by atomic mass is 16.4. The maximum Gasteiger partial charge on any atom is 0.336 e. The summed E-state index contributed by atoms with van der Waals surface area (Å²) in [5, 5.41) is 5.45. The number of hydrogen-bond donors (Lipinski definition) is 1. The van der Waals surface area contributed by atoms with E-state index in [1.54, 1.807) is 6.07 Å². The van der Waals surface area contributed by atoms with E-state index in [0.29, 0.717) is 17.3 Å². The largest absolute Gasteiger partial charge is 0.454 e. The molecule has 1 N–H and O–H groups in total. The van der Waals surface area contributed by atoms with Crippen molar-refractivity contribution in [2.45, 2.75) is 46.6 Å². The summed E-state index contributed by atoms with van der Waals surface area (Å²) >= 11 is 0. The molecule has 4 aromatic rings. The van der Waals surface area contributed by atoms with Crippen LogP contribution in [0.15, 0.2) is 44.1 Å². The number of pyridine rings is 1. The molecule has 0 aliphatic heterocycles. The first-order valence-electron chi connectivity index (χ1n) is 10.7. The van der Waals surface area contributed by atoms with Gasteiger partial charge in [0.2, 0.25) is 0 Å². The summed E-state index contributed by atoms with van der Waals surface area (Å²) in [6.07, 6.45) is 5.17. The highest BCUT2D eigenvalue weighted by Gasteiger charge is 2.19. The molecule has 0 unspecified atom stereocenters. The Morgan fingerprint density at radius 1 is 1.07 bits per heavy atom. The number of fused-ring (bicyclic) bond motifs is 3. The third-order valence-electron chi connectivity index (χ3n) is 5.91. The summed E-state index contributed by atoms with van der Waals surface area (Å²) < 4.78 is 11.8. The molecule has 0 saturated carbocycles. The molecule has 1 aliphatic carbocycles. The number of hydrogen-bond acceptors (Lipinski definition) is 5. The maximum atomic E-state index is 12.3. The Labute approximate surface area is 175 Å². The van der Waals surface area contributed by atoms with Gasteiger partial charge < -0.3 is 14.2 Å². The van der Waals surface area contributed by atoms with Gasteiger partial charge in [-0.1, -0.05) is 13.8 Å². The standard InChI is InChI=1S/C25H26N2O3/c1-14(2)11-26-12-18-13-27-15(3)25-19(18)9-23(30-25)21-10-24(28)29-22-8-17-6-4-5-16(17)7-20(21)22/h7-10,13-14,26H,4-6,11-12H2,1-3H3. The summed E-state index contributed by atoms with van der Waals surface area (Å²) in [6.45, 7) is 8.00. The smallest absolute Gasteiger partial charge is 0.336 e. The van der Waals surface area contributed by atoms with Crippen LogP contribution in [0.25, 0.3) is 33.3 Å². The van der Waals surface area contributed by atoms with Crippen LogP contribution in [-0.4, -0.2) is 11.5 Å². The molecule has 30 heavy (non-hydrogen) atoms. The lowest BCUT2D eigenvalue weighted by atomic mass is 10.0. The lowest BCUT2D eigenvalue weighted by molar-refractivity contribution is 0.552. The molecule has 3 aromatic heterocycles. The quantitative estimate of drug-likeness (QED) is 0.468. The van der Waals surface area contributed by atoms with Crippen LogP contribution in [0.5, 0.6) is 0 Å². The van der Waals surface area contributed by atoms with E-state index in [0.717, 1.165) is 65.5 Å². The average molecular weight is 402 g/mol. The van der Waals surface area contributed by atoms with Crippen molar-refractivity contribution in [2.75, 3.05) is 6.54 Å². The van der Waals surface area contributed by atoms with Crippen LogP contribution in [0, 0.1) is 12.8 Å². The predicted octanol–water partition coefficient (Wildman–Crippen LogP) is 5.14. The van der Waals surface area contributed by atoms with Crippen LogP contribution in [0.3, 0.4) is 0 Å². The van der Waals surface area contributed by atoms with Gasteiger partial charge >= 0.3 is 5.63 Å². The van der Waals surface area contributed by atoms with Gasteiger partial charge in [0.1, 0.15) is 11.3 Å². The summed E-state index contributed by atoms with van der Waals surface area (Å²) in [5.41, 5.74) is 6.40. The van der Waals surface area contributed by atoms with Gasteiger partial charge in [-0.3, -0.25) is 4.98 Å². The van der Waals surface area contributed by atoms with Crippen molar-refractivity contribution in [3.8, 4) is 11.3 Å². The van der Waals surface area contributed by atoms with Gasteiger partial charge in [-0.05, 0) is 73.5 Å². The van der Waals surface area contributed by atoms with Gasteiger partial charge in [0.15, 0.2) is 5.58 Å². The number of aromatic nitrogens is 1. The summed E-state index contributed by atoms with van der Waals surface area (Å²) in [7, 11) is 0. The minimum absolute atomic E-state index is 0.357. The molecule has 5 heteroatoms. The monoisotopic (exact) mass is 402 g/mol. The normalized spacial score (nSPS) is 13.6. The van der Waals surface area contributed by atoms with Crippen molar-refractivity contribution in [2.24, 2.45) is 5.92 Å². The predicted molar refractivity (Wildman–Crippen MR) is 119 cm³/mol. The Morgan fingerprint density at radius 3 is 2.67 bits per heavy atom. The van der Waals surface area contributed by atoms with E-state index in [1.807, 2.05) is 25.3 Å². The zero-order valence-corrected chi connectivity index (χ0v) is 17.7. The highest BCUT2D eigenvalue weighted by Crippen LogP contribution is 2.36. The van der Waals surface area contributed by atoms with Gasteiger partial charge in [-0.15, -0.1) is 0 Å². The van der Waals surface area contributed by atoms with Crippen LogP contribution >= 0.6 is 0 Å². The van der Waals surface area contributed by atoms with Crippen LogP contribution in [0.4, 0.5) is 0 Å². The second-order valence-corrected chi connectivity index (χ2v) is 8.70. The van der Waals surface area contributed by atoms with Crippen LogP contribution < -0.4 is 10.9 Å². The van der Waals surface area contributed by atoms with Crippen molar-refractivity contribution in [3.05, 3.63) is 63.3 Å². The highest BCUT2D eigenvalue weighted by molar-refractivity contribution is 5.96. The third kappa shape index (κ3) is 3.33. The molecule has 3 heterocycles. The first kappa shape index (κ1) is 19.1. The lowest BCUT2D eigenvalue weighted by Gasteiger charge is -2.08. The Kier molecular flexibility index (Phi) is 4.70. The Morgan fingerprint density at radius 2 is 1.87 bits per heavy atom. The van der Waals surface area contributed by atoms with E-state index in [1.165, 1.54) is 11.1 Å². The number of aryl methyl sites for hydroxylation is 3. The second-order valence-electron chi connectivity index (χ2n) is 8.70. The van der Waals surface area contributed by atoms with Gasteiger partial charge in [0, 0.05) is 35.1 Å². The fraction of sp³-hybridized carbons (Fsp3) is 0.360. The molecular formula is C25H26N2O3. The number of rotatable bonds is 5. The third-order valence-corrected chi connectivity index (χ3v) is 5.91. The molecule has 0 atom stereocenters. The lowest BCUT2D eigenvalue weighted by Crippen LogP contribution is -2.19. The molecule has 0 fully saturated rings. The molecule has 0 amide bonds. The number of nitrogens with one attached hydrogen (secondary N) is 1. The van der Waals surface area contributed by atoms with Crippen LogP contribution in [-0.2, 0) is 19.4 Å². The van der Waals surface area contributed by atoms with Gasteiger partial charge in [-0.25, -0.2) is 4.79 Å². The molecular weight excluding hydrogens is 376 g/mol. The number of furan rings is 1. The Balaban J connectivity index is 1.65. The molecule has 5 nitrogen and oxygen atoms in total. The molecule has 0 spiro atoms. The SMILES string of the molecule is Cc1ncc(CNCC(C)C)c2cc(-c3cc(=O)oc4cc5c(cc34)CCC5)oc12. The van der Waals surface area contributed by atoms with E-state index < -0.39 is 0 Å². The zero-order valence-electron chi connectivity index (χ0n) is 17.7. The molecule has 154 valence electrons. The molecule has 0 radical (unpaired) electrons. The maximum absolute atomic E-state index is 12.3. The van der Waals surface area contributed by atoms with E-state index in [-0.39, 0.29) is 5.63 Å². The fourth-order valence-corrected chi connectivity index (χ4v) is 4.40. The van der Waals surface area contributed by atoms with Crippen molar-refractivity contribution in [1.29, 1.82) is 0 Å². The van der Waals surface area contributed by atoms with Crippen molar-refractivity contribution in [3.63, 3.8) is 0 Å². The van der Waals surface area contributed by atoms with Gasteiger partial charge in [0.25, 0.3) is 0 Å². The zero-order chi connectivity index (χ0) is 20.8. The van der Waals surface area contributed by atoms with Gasteiger partial charge in [-0.2, -0.15) is 0 Å². The Bertz CT molecular complexity index is 1310. The van der Waals surface area contributed by atoms with Crippen LogP contribution in [0.1, 0.15) is 42.7 Å². The number of nitrogens with zero attached hydrogens (tertiary/aromatic N) is 1. The topological polar surface area (TPSA) is 68.3 Å². The molecule has 1 aromatic carbocycles. The molecule has 0 saturated heterocycles. The van der Waals surface area contributed by atoms with E-state index in [4.69, 9.17) is 8.83 Å². The molecule has 0 bridgehead atoms. The fourth-order valence-electron chi connectivity index (χ4n) is 4.40. The second kappa shape index (κ2) is 7.40. The van der Waals surface area contributed by atoms with Crippen LogP contribution in [0.2, 0.25) is 0 Å². The molecule has 5 rings (SSSR count). The summed E-state index contributed by atoms with van der Waals surface area (Å²) in [5.74, 6) is 1.26. The van der Waals surface area contributed by atoms with Gasteiger partial charge in [0.05, 0.1) is 5.69 Å². The van der Waals surface area contributed by atoms with Crippen molar-refractivity contribution < 1.29 is 8.83 Å². The first-order valence-corrected chi connectivity index (χ1v) is 10.7. The Hall–Kier alpha value is -2.92. The number of benzene rings is 1. The van der Waals surface area contributed by atoms with E-state index in [2.05, 4.69) is 30.2 Å². The summed E-state index contributed by atoms with van der Waals surface area (Å²) in [6, 6.07) is 7.78.